The summed E-state index contributed by atoms with van der Waals surface area (Å²) in [5.41, 5.74) is 5.83. The molecule has 0 fully saturated rings. The van der Waals surface area contributed by atoms with E-state index in [1.165, 1.54) is 0 Å². The summed E-state index contributed by atoms with van der Waals surface area (Å²) in [7, 11) is 7.96. The van der Waals surface area contributed by atoms with Gasteiger partial charge in [0.05, 0.1) is 4.75 Å². The molecule has 0 N–H and O–H groups in total. The summed E-state index contributed by atoms with van der Waals surface area (Å²) in [5, 5.41) is 0. The normalized spacial score (nSPS) is 14.4. The minimum Gasteiger partial charge on any atom is -0.771 e. The van der Waals surface area contributed by atoms with Crippen LogP contribution in [0.1, 0.15) is 22.3 Å². The van der Waals surface area contributed by atoms with E-state index in [1.54, 1.807) is 12.2 Å². The monoisotopic (exact) mass is 459 g/mol. The molecule has 33 heavy (non-hydrogen) atoms. The minimum absolute atomic E-state index is 0.698. The number of benzene rings is 3. The highest BCUT2D eigenvalue weighted by molar-refractivity contribution is 7.80. The first kappa shape index (κ1) is 24.5. The Morgan fingerprint density at radius 1 is 0.697 bits per heavy atom. The fraction of sp³-hybridized carbons (Fsp3) is 0.214. The number of rotatable bonds is 8. The topological polar surface area (TPSA) is 46.6 Å². The second kappa shape index (κ2) is 10.6. The van der Waals surface area contributed by atoms with Crippen LogP contribution < -0.4 is 9.80 Å². The van der Waals surface area contributed by atoms with Crippen LogP contribution in [-0.2, 0) is 15.8 Å². The Hall–Kier alpha value is -3.15. The summed E-state index contributed by atoms with van der Waals surface area (Å²) in [4.78, 5) is 4.06. The van der Waals surface area contributed by atoms with Gasteiger partial charge in [-0.3, -0.25) is 4.21 Å². The van der Waals surface area contributed by atoms with Crippen LogP contribution in [0, 0.1) is 6.92 Å². The lowest BCUT2D eigenvalue weighted by atomic mass is 9.94. The summed E-state index contributed by atoms with van der Waals surface area (Å²) in [6.45, 7) is 1.99. The van der Waals surface area contributed by atoms with Gasteiger partial charge in [0.1, 0.15) is 0 Å². The van der Waals surface area contributed by atoms with Gasteiger partial charge in [-0.1, -0.05) is 78.4 Å². The number of hydrogen-bond acceptors (Lipinski definition) is 4. The van der Waals surface area contributed by atoms with E-state index in [1.807, 2.05) is 130 Å². The van der Waals surface area contributed by atoms with E-state index in [9.17, 15) is 8.76 Å². The molecule has 4 nitrogen and oxygen atoms in total. The van der Waals surface area contributed by atoms with Gasteiger partial charge in [-0.2, -0.15) is 0 Å². The molecule has 3 aromatic carbocycles. The van der Waals surface area contributed by atoms with Crippen LogP contribution >= 0.6 is 0 Å². The zero-order valence-electron chi connectivity index (χ0n) is 19.9. The van der Waals surface area contributed by atoms with Crippen molar-refractivity contribution < 1.29 is 8.76 Å². The molecule has 0 radical (unpaired) electrons. The summed E-state index contributed by atoms with van der Waals surface area (Å²) in [6, 6.07) is 23.7. The molecule has 0 aliphatic heterocycles. The van der Waals surface area contributed by atoms with E-state index in [0.717, 1.165) is 28.1 Å². The van der Waals surface area contributed by atoms with Gasteiger partial charge in [-0.05, 0) is 59.0 Å². The third-order valence-corrected chi connectivity index (χ3v) is 6.70. The Kier molecular flexibility index (Phi) is 7.90. The molecule has 0 aliphatic carbocycles. The van der Waals surface area contributed by atoms with E-state index in [0.29, 0.717) is 5.56 Å². The molecule has 0 saturated carbocycles. The number of hydrogen-bond donors (Lipinski definition) is 0. The van der Waals surface area contributed by atoms with Gasteiger partial charge in [0, 0.05) is 39.6 Å². The van der Waals surface area contributed by atoms with Gasteiger partial charge < -0.3 is 14.4 Å². The van der Waals surface area contributed by atoms with Crippen molar-refractivity contribution in [2.45, 2.75) is 11.7 Å². The van der Waals surface area contributed by atoms with Crippen molar-refractivity contribution in [1.82, 2.24) is 0 Å². The number of anilines is 2. The predicted molar refractivity (Wildman–Crippen MR) is 141 cm³/mol. The van der Waals surface area contributed by atoms with E-state index in [-0.39, 0.29) is 0 Å². The molecule has 172 valence electrons. The Morgan fingerprint density at radius 2 is 1.09 bits per heavy atom. The van der Waals surface area contributed by atoms with Crippen molar-refractivity contribution in [2.24, 2.45) is 0 Å². The fourth-order valence-corrected chi connectivity index (χ4v) is 4.16. The third kappa shape index (κ3) is 6.01. The second-order valence-corrected chi connectivity index (χ2v) is 9.68. The minimum atomic E-state index is -2.43. The van der Waals surface area contributed by atoms with E-state index >= 15 is 0 Å². The van der Waals surface area contributed by atoms with Gasteiger partial charge in [-0.25, -0.2) is 0 Å². The molecule has 3 rings (SSSR count). The first-order chi connectivity index (χ1) is 15.7. The van der Waals surface area contributed by atoms with Crippen LogP contribution in [0.25, 0.3) is 12.2 Å². The van der Waals surface area contributed by atoms with Crippen LogP contribution in [0.3, 0.4) is 0 Å². The largest absolute Gasteiger partial charge is 0.771 e. The molecule has 0 amide bonds. The average molecular weight is 460 g/mol. The highest BCUT2D eigenvalue weighted by Gasteiger charge is 2.28. The first-order valence-corrected chi connectivity index (χ1v) is 11.9. The summed E-state index contributed by atoms with van der Waals surface area (Å²) < 4.78 is 24.1. The average Bonchev–Trinajstić information content (AvgIpc) is 2.80. The summed E-state index contributed by atoms with van der Waals surface area (Å²) in [5.74, 6) is 0. The number of nitrogens with zero attached hydrogens (tertiary/aromatic N) is 2. The molecule has 0 heterocycles. The highest BCUT2D eigenvalue weighted by atomic mass is 32.2. The molecule has 0 bridgehead atoms. The van der Waals surface area contributed by atoms with E-state index in [2.05, 4.69) is 0 Å². The van der Waals surface area contributed by atoms with Crippen molar-refractivity contribution in [1.29, 1.82) is 0 Å². The van der Waals surface area contributed by atoms with Crippen molar-refractivity contribution in [3.05, 3.63) is 107 Å². The van der Waals surface area contributed by atoms with Crippen LogP contribution in [0.4, 0.5) is 11.4 Å². The zero-order chi connectivity index (χ0) is 24.0. The van der Waals surface area contributed by atoms with Gasteiger partial charge in [0.25, 0.3) is 0 Å². The third-order valence-electron chi connectivity index (χ3n) is 5.64. The first-order valence-electron chi connectivity index (χ1n) is 10.8. The molecule has 0 spiro atoms. The maximum absolute atomic E-state index is 12.7. The Labute approximate surface area is 200 Å². The van der Waals surface area contributed by atoms with Gasteiger partial charge in [0.15, 0.2) is 0 Å². The van der Waals surface area contributed by atoms with Crippen molar-refractivity contribution in [3.63, 3.8) is 0 Å². The molecular formula is C28H31N2O2S-. The maximum Gasteiger partial charge on any atom is 0.0942 e. The molecule has 0 saturated heterocycles. The molecule has 1 unspecified atom stereocenters. The lowest BCUT2D eigenvalue weighted by Gasteiger charge is -2.31. The zero-order valence-corrected chi connectivity index (χ0v) is 20.7. The van der Waals surface area contributed by atoms with Gasteiger partial charge in [0.2, 0.25) is 0 Å². The van der Waals surface area contributed by atoms with E-state index in [4.69, 9.17) is 0 Å². The summed E-state index contributed by atoms with van der Waals surface area (Å²) in [6.07, 6.45) is 7.26. The lowest BCUT2D eigenvalue weighted by Crippen LogP contribution is -2.26. The van der Waals surface area contributed by atoms with Crippen LogP contribution in [-0.4, -0.2) is 37.0 Å². The smallest absolute Gasteiger partial charge is 0.0942 e. The van der Waals surface area contributed by atoms with Gasteiger partial charge >= 0.3 is 0 Å². The quantitative estimate of drug-likeness (QED) is 0.410. The lowest BCUT2D eigenvalue weighted by molar-refractivity contribution is 0.520. The Bertz CT molecular complexity index is 1070. The summed E-state index contributed by atoms with van der Waals surface area (Å²) >= 11 is -2.43. The fourth-order valence-electron chi connectivity index (χ4n) is 3.48. The Morgan fingerprint density at radius 3 is 1.42 bits per heavy atom. The highest BCUT2D eigenvalue weighted by Crippen LogP contribution is 2.33. The predicted octanol–water partition coefficient (Wildman–Crippen LogP) is 5.63. The molecule has 3 aromatic rings. The van der Waals surface area contributed by atoms with Crippen molar-refractivity contribution in [2.75, 3.05) is 38.0 Å². The van der Waals surface area contributed by atoms with Crippen molar-refractivity contribution >= 4 is 34.6 Å². The maximum atomic E-state index is 12.7. The Balaban J connectivity index is 2.04. The molecule has 1 atom stereocenters. The van der Waals surface area contributed by atoms with Crippen LogP contribution in [0.2, 0.25) is 0 Å². The molecule has 5 heteroatoms. The van der Waals surface area contributed by atoms with Crippen molar-refractivity contribution in [3.8, 4) is 0 Å². The number of aryl methyl sites for hydroxylation is 1. The van der Waals surface area contributed by atoms with Crippen LogP contribution in [0.5, 0.6) is 0 Å². The second-order valence-electron chi connectivity index (χ2n) is 8.53. The van der Waals surface area contributed by atoms with Gasteiger partial charge in [-0.15, -0.1) is 0 Å². The standard InChI is InChI=1S/C28H32N2O2S/c1-22-6-12-25(13-7-22)28(33(31)32,20-18-23-8-14-26(15-9-23)29(2)3)21-19-24-10-16-27(17-11-24)30(4)5/h6-21H,1-5H3,(H,31,32)/p-1. The van der Waals surface area contributed by atoms with E-state index < -0.39 is 15.8 Å². The molecule has 0 aliphatic rings. The molecule has 0 aromatic heterocycles. The SMILES string of the molecule is Cc1ccc(C(C=Cc2ccc(N(C)C)cc2)(C=Cc2ccc(N(C)C)cc2)S(=O)[O-])cc1. The van der Waals surface area contributed by atoms with Crippen LogP contribution in [0.15, 0.2) is 84.9 Å². The molecular weight excluding hydrogens is 428 g/mol.